The SMILES string of the molecule is COc1cc(/C=C/c2nc3c(ccc4ccccc43)s2)ccc1OCC#N. The quantitative estimate of drug-likeness (QED) is 0.462. The van der Waals surface area contributed by atoms with Gasteiger partial charge in [0.15, 0.2) is 18.1 Å². The van der Waals surface area contributed by atoms with Gasteiger partial charge in [0.05, 0.1) is 17.3 Å². The van der Waals surface area contributed by atoms with Crippen LogP contribution in [0.1, 0.15) is 10.6 Å². The molecule has 1 aromatic heterocycles. The molecule has 0 amide bonds. The molecule has 0 aliphatic carbocycles. The fraction of sp³-hybridized carbons (Fsp3) is 0.0909. The van der Waals surface area contributed by atoms with Gasteiger partial charge in [0.25, 0.3) is 0 Å². The summed E-state index contributed by atoms with van der Waals surface area (Å²) in [5, 5.41) is 12.0. The number of ether oxygens (including phenoxy) is 2. The number of fused-ring (bicyclic) bond motifs is 3. The van der Waals surface area contributed by atoms with Crippen LogP contribution in [0, 0.1) is 11.3 Å². The van der Waals surface area contributed by atoms with Crippen molar-refractivity contribution >= 4 is 44.5 Å². The van der Waals surface area contributed by atoms with E-state index in [2.05, 4.69) is 24.3 Å². The van der Waals surface area contributed by atoms with E-state index in [9.17, 15) is 0 Å². The van der Waals surface area contributed by atoms with E-state index in [-0.39, 0.29) is 6.61 Å². The second kappa shape index (κ2) is 7.48. The summed E-state index contributed by atoms with van der Waals surface area (Å²) in [6, 6.07) is 20.1. The second-order valence-electron chi connectivity index (χ2n) is 5.88. The number of thiazole rings is 1. The summed E-state index contributed by atoms with van der Waals surface area (Å²) in [6.45, 7) is -0.00872. The van der Waals surface area contributed by atoms with Crippen molar-refractivity contribution in [2.75, 3.05) is 13.7 Å². The minimum Gasteiger partial charge on any atom is -0.493 e. The van der Waals surface area contributed by atoms with Crippen LogP contribution in [-0.4, -0.2) is 18.7 Å². The fourth-order valence-electron chi connectivity index (χ4n) is 2.93. The molecule has 0 saturated carbocycles. The highest BCUT2D eigenvalue weighted by Gasteiger charge is 2.07. The van der Waals surface area contributed by atoms with Crippen LogP contribution in [0.3, 0.4) is 0 Å². The van der Waals surface area contributed by atoms with Crippen LogP contribution in [0.15, 0.2) is 54.6 Å². The maximum atomic E-state index is 8.65. The van der Waals surface area contributed by atoms with Crippen LogP contribution in [0.2, 0.25) is 0 Å². The summed E-state index contributed by atoms with van der Waals surface area (Å²) in [4.78, 5) is 4.80. The largest absolute Gasteiger partial charge is 0.493 e. The number of rotatable bonds is 5. The molecule has 0 radical (unpaired) electrons. The molecule has 3 aromatic carbocycles. The Kier molecular flexibility index (Phi) is 4.73. The van der Waals surface area contributed by atoms with Crippen molar-refractivity contribution in [2.45, 2.75) is 0 Å². The predicted octanol–water partition coefficient (Wildman–Crippen LogP) is 5.53. The van der Waals surface area contributed by atoms with Crippen LogP contribution in [0.4, 0.5) is 0 Å². The molecule has 0 fully saturated rings. The van der Waals surface area contributed by atoms with Crippen molar-refractivity contribution in [3.8, 4) is 17.6 Å². The van der Waals surface area contributed by atoms with E-state index in [4.69, 9.17) is 19.7 Å². The lowest BCUT2D eigenvalue weighted by Crippen LogP contribution is -1.96. The first kappa shape index (κ1) is 17.1. The van der Waals surface area contributed by atoms with Crippen molar-refractivity contribution in [2.24, 2.45) is 0 Å². The number of hydrogen-bond acceptors (Lipinski definition) is 5. The van der Waals surface area contributed by atoms with Crippen LogP contribution in [0.5, 0.6) is 11.5 Å². The summed E-state index contributed by atoms with van der Waals surface area (Å²) >= 11 is 1.67. The Morgan fingerprint density at radius 2 is 1.96 bits per heavy atom. The first-order valence-corrected chi connectivity index (χ1v) is 9.24. The van der Waals surface area contributed by atoms with Crippen molar-refractivity contribution in [3.63, 3.8) is 0 Å². The highest BCUT2D eigenvalue weighted by molar-refractivity contribution is 7.19. The Labute approximate surface area is 160 Å². The van der Waals surface area contributed by atoms with Gasteiger partial charge in [-0.2, -0.15) is 5.26 Å². The number of benzene rings is 3. The van der Waals surface area contributed by atoms with Gasteiger partial charge in [-0.05, 0) is 35.2 Å². The third kappa shape index (κ3) is 3.48. The average molecular weight is 372 g/mol. The molecule has 4 aromatic rings. The highest BCUT2D eigenvalue weighted by atomic mass is 32.1. The zero-order valence-corrected chi connectivity index (χ0v) is 15.5. The molecule has 0 saturated heterocycles. The normalized spacial score (nSPS) is 11.1. The molecular weight excluding hydrogens is 356 g/mol. The van der Waals surface area contributed by atoms with Crippen molar-refractivity contribution in [1.29, 1.82) is 5.26 Å². The van der Waals surface area contributed by atoms with E-state index >= 15 is 0 Å². The molecule has 132 valence electrons. The Morgan fingerprint density at radius 1 is 1.07 bits per heavy atom. The van der Waals surface area contributed by atoms with E-state index in [1.807, 2.05) is 48.6 Å². The number of methoxy groups -OCH3 is 1. The topological polar surface area (TPSA) is 55.1 Å². The van der Waals surface area contributed by atoms with Gasteiger partial charge in [0, 0.05) is 5.39 Å². The lowest BCUT2D eigenvalue weighted by molar-refractivity contribution is 0.329. The number of nitriles is 1. The lowest BCUT2D eigenvalue weighted by Gasteiger charge is -2.08. The van der Waals surface area contributed by atoms with E-state index < -0.39 is 0 Å². The monoisotopic (exact) mass is 372 g/mol. The van der Waals surface area contributed by atoms with Crippen molar-refractivity contribution < 1.29 is 9.47 Å². The summed E-state index contributed by atoms with van der Waals surface area (Å²) < 4.78 is 11.9. The molecule has 0 atom stereocenters. The minimum absolute atomic E-state index is 0.00872. The molecule has 4 nitrogen and oxygen atoms in total. The van der Waals surface area contributed by atoms with Gasteiger partial charge in [0.1, 0.15) is 11.1 Å². The molecule has 0 unspecified atom stereocenters. The van der Waals surface area contributed by atoms with E-state index in [0.717, 1.165) is 16.1 Å². The maximum Gasteiger partial charge on any atom is 0.174 e. The first-order chi connectivity index (χ1) is 13.3. The Morgan fingerprint density at radius 3 is 2.81 bits per heavy atom. The fourth-order valence-corrected chi connectivity index (χ4v) is 3.82. The zero-order valence-electron chi connectivity index (χ0n) is 14.7. The molecule has 27 heavy (non-hydrogen) atoms. The van der Waals surface area contributed by atoms with E-state index in [1.165, 1.54) is 15.5 Å². The first-order valence-electron chi connectivity index (χ1n) is 8.42. The highest BCUT2D eigenvalue weighted by Crippen LogP contribution is 2.31. The number of nitrogens with zero attached hydrogens (tertiary/aromatic N) is 2. The summed E-state index contributed by atoms with van der Waals surface area (Å²) in [5.41, 5.74) is 2.01. The lowest BCUT2D eigenvalue weighted by atomic mass is 10.1. The summed E-state index contributed by atoms with van der Waals surface area (Å²) in [5.74, 6) is 1.16. The molecule has 0 N–H and O–H groups in total. The Bertz CT molecular complexity index is 1190. The van der Waals surface area contributed by atoms with E-state index in [1.54, 1.807) is 18.4 Å². The molecule has 0 spiro atoms. The van der Waals surface area contributed by atoms with Crippen LogP contribution >= 0.6 is 11.3 Å². The molecule has 0 aliphatic heterocycles. The van der Waals surface area contributed by atoms with Gasteiger partial charge in [-0.3, -0.25) is 0 Å². The predicted molar refractivity (Wildman–Crippen MR) is 110 cm³/mol. The van der Waals surface area contributed by atoms with Gasteiger partial charge in [-0.25, -0.2) is 4.98 Å². The summed E-state index contributed by atoms with van der Waals surface area (Å²) in [7, 11) is 1.58. The molecule has 0 bridgehead atoms. The minimum atomic E-state index is -0.00872. The standard InChI is InChI=1S/C22H16N2O2S/c1-25-19-14-15(6-9-18(19)26-13-12-23)7-11-21-24-22-17-5-3-2-4-16(17)8-10-20(22)27-21/h2-11,14H,13H2,1H3/b11-7+. The van der Waals surface area contributed by atoms with Crippen LogP contribution in [0.25, 0.3) is 33.1 Å². The van der Waals surface area contributed by atoms with E-state index in [0.29, 0.717) is 11.5 Å². The molecule has 4 rings (SSSR count). The molecule has 0 aliphatic rings. The zero-order chi connectivity index (χ0) is 18.6. The van der Waals surface area contributed by atoms with Crippen LogP contribution < -0.4 is 9.47 Å². The summed E-state index contributed by atoms with van der Waals surface area (Å²) in [6.07, 6.45) is 4.00. The molecule has 1 heterocycles. The van der Waals surface area contributed by atoms with Gasteiger partial charge in [-0.15, -0.1) is 11.3 Å². The van der Waals surface area contributed by atoms with Crippen molar-refractivity contribution in [3.05, 3.63) is 65.2 Å². The van der Waals surface area contributed by atoms with Gasteiger partial charge < -0.3 is 9.47 Å². The smallest absolute Gasteiger partial charge is 0.174 e. The average Bonchev–Trinajstić information content (AvgIpc) is 3.14. The molecule has 5 heteroatoms. The Balaban J connectivity index is 1.64. The maximum absolute atomic E-state index is 8.65. The van der Waals surface area contributed by atoms with Crippen molar-refractivity contribution in [1.82, 2.24) is 4.98 Å². The van der Waals surface area contributed by atoms with Gasteiger partial charge >= 0.3 is 0 Å². The number of hydrogen-bond donors (Lipinski definition) is 0. The van der Waals surface area contributed by atoms with Gasteiger partial charge in [0.2, 0.25) is 0 Å². The third-order valence-electron chi connectivity index (χ3n) is 4.20. The molecular formula is C22H16N2O2S. The second-order valence-corrected chi connectivity index (χ2v) is 6.94. The third-order valence-corrected chi connectivity index (χ3v) is 5.18. The number of aromatic nitrogens is 1. The van der Waals surface area contributed by atoms with Crippen LogP contribution in [-0.2, 0) is 0 Å². The Hall–Kier alpha value is -3.36. The van der Waals surface area contributed by atoms with Gasteiger partial charge in [-0.1, -0.05) is 42.5 Å².